The van der Waals surface area contributed by atoms with E-state index in [4.69, 9.17) is 11.5 Å². The summed E-state index contributed by atoms with van der Waals surface area (Å²) in [6, 6.07) is 9.78. The van der Waals surface area contributed by atoms with Crippen molar-refractivity contribution < 1.29 is 18.4 Å². The van der Waals surface area contributed by atoms with Crippen LogP contribution in [0.25, 0.3) is 0 Å². The van der Waals surface area contributed by atoms with Crippen LogP contribution in [0.15, 0.2) is 48.5 Å². The molecule has 2 aromatic carbocycles. The van der Waals surface area contributed by atoms with Gasteiger partial charge in [0.15, 0.2) is 11.6 Å². The molecule has 26 heavy (non-hydrogen) atoms. The van der Waals surface area contributed by atoms with E-state index in [1.54, 1.807) is 0 Å². The van der Waals surface area contributed by atoms with Gasteiger partial charge in [-0.2, -0.15) is 0 Å². The second kappa shape index (κ2) is 8.78. The van der Waals surface area contributed by atoms with Crippen LogP contribution in [0.1, 0.15) is 46.4 Å². The Balaban J connectivity index is 2.33. The Morgan fingerprint density at radius 2 is 1.19 bits per heavy atom. The fourth-order valence-electron chi connectivity index (χ4n) is 2.77. The number of hydrogen-bond acceptors (Lipinski definition) is 4. The standard InChI is InChI=1S/C20H22F2N2O2/c21-16-8-4-14(5-9-16)18(25)20(24,12-2-1-3-13-23)19(26)15-6-10-17(22)11-7-15/h4-11H,1-3,12-13,23-24H2. The molecular formula is C20H22F2N2O2. The number of nitrogens with two attached hydrogens (primary N) is 2. The van der Waals surface area contributed by atoms with Gasteiger partial charge in [0.2, 0.25) is 0 Å². The molecule has 0 aromatic heterocycles. The van der Waals surface area contributed by atoms with E-state index in [1.807, 2.05) is 0 Å². The Morgan fingerprint density at radius 3 is 1.58 bits per heavy atom. The van der Waals surface area contributed by atoms with Gasteiger partial charge in [0.25, 0.3) is 0 Å². The maximum absolute atomic E-state index is 13.1. The molecular weight excluding hydrogens is 338 g/mol. The summed E-state index contributed by atoms with van der Waals surface area (Å²) in [6.07, 6.45) is 2.14. The number of rotatable bonds is 9. The lowest BCUT2D eigenvalue weighted by molar-refractivity contribution is 0.0755. The summed E-state index contributed by atoms with van der Waals surface area (Å²) < 4.78 is 26.3. The van der Waals surface area contributed by atoms with E-state index in [1.165, 1.54) is 24.3 Å². The van der Waals surface area contributed by atoms with Gasteiger partial charge in [-0.15, -0.1) is 0 Å². The van der Waals surface area contributed by atoms with Crippen LogP contribution < -0.4 is 11.5 Å². The van der Waals surface area contributed by atoms with E-state index in [0.717, 1.165) is 37.1 Å². The second-order valence-electron chi connectivity index (χ2n) is 6.24. The Hall–Kier alpha value is -2.44. The molecule has 2 rings (SSSR count). The molecule has 0 saturated heterocycles. The topological polar surface area (TPSA) is 86.2 Å². The van der Waals surface area contributed by atoms with Crippen molar-refractivity contribution in [1.29, 1.82) is 0 Å². The maximum atomic E-state index is 13.1. The van der Waals surface area contributed by atoms with Crippen LogP contribution >= 0.6 is 0 Å². The first-order chi connectivity index (χ1) is 12.4. The largest absolute Gasteiger partial charge is 0.330 e. The highest BCUT2D eigenvalue weighted by Crippen LogP contribution is 2.24. The van der Waals surface area contributed by atoms with Crippen molar-refractivity contribution in [1.82, 2.24) is 0 Å². The van der Waals surface area contributed by atoms with Crippen LogP contribution in [0.3, 0.4) is 0 Å². The Morgan fingerprint density at radius 1 is 0.769 bits per heavy atom. The number of halogens is 2. The van der Waals surface area contributed by atoms with Crippen molar-refractivity contribution in [3.8, 4) is 0 Å². The number of carbonyl (C=O) groups is 2. The lowest BCUT2D eigenvalue weighted by Gasteiger charge is -2.27. The summed E-state index contributed by atoms with van der Waals surface area (Å²) in [6.45, 7) is 0.509. The molecule has 4 nitrogen and oxygen atoms in total. The predicted molar refractivity (Wildman–Crippen MR) is 95.9 cm³/mol. The second-order valence-corrected chi connectivity index (χ2v) is 6.24. The molecule has 0 saturated carbocycles. The summed E-state index contributed by atoms with van der Waals surface area (Å²) in [7, 11) is 0. The van der Waals surface area contributed by atoms with Crippen molar-refractivity contribution in [3.05, 3.63) is 71.3 Å². The highest BCUT2D eigenvalue weighted by Gasteiger charge is 2.42. The van der Waals surface area contributed by atoms with E-state index in [-0.39, 0.29) is 17.5 Å². The third-order valence-corrected chi connectivity index (χ3v) is 4.30. The molecule has 0 fully saturated rings. The molecule has 0 heterocycles. The molecule has 4 N–H and O–H groups in total. The first kappa shape index (κ1) is 19.9. The predicted octanol–water partition coefficient (Wildman–Crippen LogP) is 3.25. The monoisotopic (exact) mass is 360 g/mol. The van der Waals surface area contributed by atoms with Gasteiger partial charge in [0.1, 0.15) is 17.2 Å². The smallest absolute Gasteiger partial charge is 0.190 e. The number of Topliss-reactive ketones (excluding diaryl/α,β-unsaturated/α-hetero) is 2. The highest BCUT2D eigenvalue weighted by atomic mass is 19.1. The Labute approximate surface area is 151 Å². The fourth-order valence-corrected chi connectivity index (χ4v) is 2.77. The van der Waals surface area contributed by atoms with Crippen LogP contribution in [0.5, 0.6) is 0 Å². The lowest BCUT2D eigenvalue weighted by Crippen LogP contribution is -2.55. The van der Waals surface area contributed by atoms with Crippen LogP contribution in [0.4, 0.5) is 8.78 Å². The average Bonchev–Trinajstić information content (AvgIpc) is 2.65. The molecule has 2 aromatic rings. The molecule has 0 bridgehead atoms. The highest BCUT2D eigenvalue weighted by molar-refractivity contribution is 6.23. The zero-order valence-electron chi connectivity index (χ0n) is 14.4. The molecule has 0 radical (unpaired) electrons. The van der Waals surface area contributed by atoms with Gasteiger partial charge < -0.3 is 11.5 Å². The van der Waals surface area contributed by atoms with E-state index < -0.39 is 28.7 Å². The molecule has 138 valence electrons. The summed E-state index contributed by atoms with van der Waals surface area (Å²) in [5.41, 5.74) is 10.3. The molecule has 0 aliphatic rings. The van der Waals surface area contributed by atoms with Crippen molar-refractivity contribution in [3.63, 3.8) is 0 Å². The molecule has 6 heteroatoms. The van der Waals surface area contributed by atoms with Gasteiger partial charge in [-0.1, -0.05) is 12.8 Å². The molecule has 0 amide bonds. The third-order valence-electron chi connectivity index (χ3n) is 4.30. The number of unbranched alkanes of at least 4 members (excludes halogenated alkanes) is 2. The first-order valence-corrected chi connectivity index (χ1v) is 8.48. The molecule has 0 spiro atoms. The van der Waals surface area contributed by atoms with Crippen molar-refractivity contribution in [2.24, 2.45) is 11.5 Å². The zero-order chi connectivity index (χ0) is 19.2. The van der Waals surface area contributed by atoms with E-state index in [9.17, 15) is 18.4 Å². The Kier molecular flexibility index (Phi) is 6.71. The summed E-state index contributed by atoms with van der Waals surface area (Å²) in [5.74, 6) is -2.15. The number of ketones is 2. The maximum Gasteiger partial charge on any atom is 0.190 e. The van der Waals surface area contributed by atoms with Gasteiger partial charge in [-0.05, 0) is 67.9 Å². The van der Waals surface area contributed by atoms with E-state index in [0.29, 0.717) is 13.0 Å². The minimum Gasteiger partial charge on any atom is -0.330 e. The average molecular weight is 360 g/mol. The third kappa shape index (κ3) is 4.59. The van der Waals surface area contributed by atoms with Crippen molar-refractivity contribution >= 4 is 11.6 Å². The number of hydrogen-bond donors (Lipinski definition) is 2. The van der Waals surface area contributed by atoms with Crippen LogP contribution in [0.2, 0.25) is 0 Å². The van der Waals surface area contributed by atoms with Crippen LogP contribution in [0, 0.1) is 11.6 Å². The van der Waals surface area contributed by atoms with Crippen LogP contribution in [-0.4, -0.2) is 23.7 Å². The Bertz CT molecular complexity index is 701. The first-order valence-electron chi connectivity index (χ1n) is 8.48. The van der Waals surface area contributed by atoms with Crippen molar-refractivity contribution in [2.45, 2.75) is 31.2 Å². The molecule has 0 aliphatic carbocycles. The summed E-state index contributed by atoms with van der Waals surface area (Å²) in [5, 5.41) is 0. The van der Waals surface area contributed by atoms with Gasteiger partial charge in [0, 0.05) is 11.1 Å². The van der Waals surface area contributed by atoms with Gasteiger partial charge in [0.05, 0.1) is 0 Å². The normalized spacial score (nSPS) is 11.4. The van der Waals surface area contributed by atoms with Crippen molar-refractivity contribution in [2.75, 3.05) is 6.54 Å². The van der Waals surface area contributed by atoms with E-state index >= 15 is 0 Å². The number of carbonyl (C=O) groups excluding carboxylic acids is 2. The summed E-state index contributed by atoms with van der Waals surface area (Å²) >= 11 is 0. The molecule has 0 aliphatic heterocycles. The summed E-state index contributed by atoms with van der Waals surface area (Å²) in [4.78, 5) is 25.9. The lowest BCUT2D eigenvalue weighted by atomic mass is 9.79. The van der Waals surface area contributed by atoms with E-state index in [2.05, 4.69) is 0 Å². The van der Waals surface area contributed by atoms with Gasteiger partial charge >= 0.3 is 0 Å². The SMILES string of the molecule is NCCCCCC(N)(C(=O)c1ccc(F)cc1)C(=O)c1ccc(F)cc1. The molecule has 0 atom stereocenters. The molecule has 0 unspecified atom stereocenters. The minimum atomic E-state index is -1.80. The van der Waals surface area contributed by atoms with Crippen LogP contribution in [-0.2, 0) is 0 Å². The van der Waals surface area contributed by atoms with Gasteiger partial charge in [-0.3, -0.25) is 9.59 Å². The minimum absolute atomic E-state index is 0.124. The zero-order valence-corrected chi connectivity index (χ0v) is 14.4. The quantitative estimate of drug-likeness (QED) is 0.408. The van der Waals surface area contributed by atoms with Gasteiger partial charge in [-0.25, -0.2) is 8.78 Å². The fraction of sp³-hybridized carbons (Fsp3) is 0.300. The number of benzene rings is 2.